The maximum absolute atomic E-state index is 6.74. The van der Waals surface area contributed by atoms with Gasteiger partial charge in [0.15, 0.2) is 0 Å². The van der Waals surface area contributed by atoms with Crippen LogP contribution in [0, 0.1) is 0 Å². The van der Waals surface area contributed by atoms with Crippen molar-refractivity contribution >= 4 is 302 Å². The molecule has 12 heterocycles. The molecule has 145 heavy (non-hydrogen) atoms. The van der Waals surface area contributed by atoms with Crippen molar-refractivity contribution in [1.29, 1.82) is 0 Å². The Morgan fingerprint density at radius 3 is 0.966 bits per heavy atom. The van der Waals surface area contributed by atoms with Crippen molar-refractivity contribution < 1.29 is 13.3 Å². The van der Waals surface area contributed by atoms with Crippen molar-refractivity contribution in [2.75, 3.05) is 0 Å². The van der Waals surface area contributed by atoms with Gasteiger partial charge in [-0.2, -0.15) is 0 Å². The molecule has 0 aliphatic heterocycles. The van der Waals surface area contributed by atoms with Crippen molar-refractivity contribution in [3.05, 3.63) is 431 Å². The number of aromatic nitrogens is 9. The minimum atomic E-state index is 0.640. The van der Waals surface area contributed by atoms with Gasteiger partial charge in [-0.05, 0) is 140 Å². The molecule has 0 amide bonds. The molecule has 0 saturated carbocycles. The van der Waals surface area contributed by atoms with Crippen molar-refractivity contribution in [3.63, 3.8) is 0 Å². The lowest BCUT2D eigenvalue weighted by atomic mass is 9.97. The highest BCUT2D eigenvalue weighted by atomic mass is 32.1. The van der Waals surface area contributed by atoms with Crippen molar-refractivity contribution in [2.24, 2.45) is 0 Å². The molecule has 22 aromatic carbocycles. The molecule has 0 spiro atoms. The predicted octanol–water partition coefficient (Wildman–Crippen LogP) is 36.6. The normalized spacial score (nSPS) is 12.3. The fraction of sp³-hybridized carbons (Fsp3) is 0. The van der Waals surface area contributed by atoms with Crippen LogP contribution in [-0.4, -0.2) is 43.6 Å². The van der Waals surface area contributed by atoms with E-state index in [4.69, 9.17) is 43.2 Å². The third-order valence-electron chi connectivity index (χ3n) is 29.8. The van der Waals surface area contributed by atoms with Gasteiger partial charge in [-0.15, -0.1) is 34.0 Å². The van der Waals surface area contributed by atoms with Crippen LogP contribution in [0.15, 0.2) is 444 Å². The zero-order valence-corrected chi connectivity index (χ0v) is 79.4. The Morgan fingerprint density at radius 1 is 0.179 bits per heavy atom. The highest BCUT2D eigenvalue weighted by molar-refractivity contribution is 7.27. The Balaban J connectivity index is 0.0000000972. The first-order chi connectivity index (χ1) is 71.9. The van der Waals surface area contributed by atoms with Gasteiger partial charge in [0.25, 0.3) is 0 Å². The van der Waals surface area contributed by atoms with E-state index in [1.54, 1.807) is 0 Å². The van der Waals surface area contributed by atoms with E-state index >= 15 is 0 Å². The first kappa shape index (κ1) is 80.2. The van der Waals surface area contributed by atoms with Crippen LogP contribution in [-0.2, 0) is 0 Å². The van der Waals surface area contributed by atoms with E-state index in [1.807, 2.05) is 70.4 Å². The lowest BCUT2D eigenvalue weighted by Gasteiger charge is -2.13. The van der Waals surface area contributed by atoms with E-state index in [0.717, 1.165) is 182 Å². The van der Waals surface area contributed by atoms with Gasteiger partial charge >= 0.3 is 0 Å². The standard InChI is InChI=1S/C46H25N3OS.2C42H23N3OS/c1-2-14-27-26(13-1)25-34(44-40(27)32-19-7-11-23-37(32)50-44)42-30-17-5-9-21-35(30)47-46(48-42)49-36-22-10-6-18-31(36)39-28-15-3-4-16-29(28)41-33-20-8-12-24-38(33)51-45(41)43(39)49;1-2-12-25-24(11-1)23-31(40-37(25)30-16-5-9-19-35(30)46-40)39-28-14-3-7-17-32(28)43-42(44-39)45-33-18-8-4-15-29(33)38-34(45)22-21-27-26-13-6-10-20-36(26)47-41(27)38;1-2-12-25-24(11-1)23-32(40-37(25)31-16-5-9-19-35(31)46-40)38-30-15-3-7-17-33(30)43-42(44-38)45-34-18-8-4-13-26(34)28-21-22-29-27-14-6-10-20-36(27)47-41(29)39(28)45/h1-25H;2*1-23H. The number of para-hydroxylation sites is 9. The van der Waals surface area contributed by atoms with Gasteiger partial charge in [-0.25, -0.2) is 29.9 Å². The molecule has 672 valence electrons. The maximum Gasteiger partial charge on any atom is 0.235 e. The summed E-state index contributed by atoms with van der Waals surface area (Å²) in [4.78, 5) is 32.4. The number of nitrogens with zero attached hydrogens (tertiary/aromatic N) is 9. The second kappa shape index (κ2) is 30.9. The van der Waals surface area contributed by atoms with Gasteiger partial charge in [0.1, 0.15) is 33.5 Å². The SMILES string of the molecule is c1ccc2c(c1)cc(-c1nc(-n3c4ccccc4c4c5ccccc5c5c6ccccc6sc5c43)nc3ccccc13)c1oc3ccccc3c12.c1ccc2c(c1)cc(-c1nc(-n3c4ccccc4c4c5sc6ccccc6c5ccc43)nc3ccccc13)c1oc3ccccc3c12.c1ccc2c(c1)cc(-c1nc(-n3c4ccccc4c4ccc5c6ccccc6sc5c43)nc3ccccc13)c1oc3ccccc3c12. The summed E-state index contributed by atoms with van der Waals surface area (Å²) in [6.07, 6.45) is 0. The Kier molecular flexibility index (Phi) is 17.1. The third-order valence-corrected chi connectivity index (χ3v) is 33.3. The van der Waals surface area contributed by atoms with Gasteiger partial charge < -0.3 is 13.3 Å². The molecule has 15 heteroatoms. The fourth-order valence-electron chi connectivity index (χ4n) is 23.6. The number of hydrogen-bond acceptors (Lipinski definition) is 12. The molecule has 0 aliphatic rings. The van der Waals surface area contributed by atoms with Crippen molar-refractivity contribution in [1.82, 2.24) is 43.6 Å². The van der Waals surface area contributed by atoms with Crippen molar-refractivity contribution in [2.45, 2.75) is 0 Å². The summed E-state index contributed by atoms with van der Waals surface area (Å²) in [6.45, 7) is 0. The second-order valence-corrected chi connectivity index (χ2v) is 40.7. The van der Waals surface area contributed by atoms with E-state index < -0.39 is 0 Å². The predicted molar refractivity (Wildman–Crippen MR) is 608 cm³/mol. The van der Waals surface area contributed by atoms with Gasteiger partial charge in [0.2, 0.25) is 17.8 Å². The largest absolute Gasteiger partial charge is 0.455 e. The highest BCUT2D eigenvalue weighted by Gasteiger charge is 2.31. The van der Waals surface area contributed by atoms with Gasteiger partial charge in [0.05, 0.1) is 76.1 Å². The van der Waals surface area contributed by atoms with Crippen LogP contribution in [0.2, 0.25) is 0 Å². The molecule has 0 unspecified atom stereocenters. The van der Waals surface area contributed by atoms with Crippen LogP contribution in [0.25, 0.3) is 319 Å². The molecule has 34 rings (SSSR count). The van der Waals surface area contributed by atoms with Gasteiger partial charge in [-0.1, -0.05) is 334 Å². The number of hydrogen-bond donors (Lipinski definition) is 0. The summed E-state index contributed by atoms with van der Waals surface area (Å²) in [5.41, 5.74) is 19.8. The zero-order valence-electron chi connectivity index (χ0n) is 77.0. The number of furan rings is 3. The van der Waals surface area contributed by atoms with E-state index in [0.29, 0.717) is 17.8 Å². The highest BCUT2D eigenvalue weighted by Crippen LogP contribution is 2.54. The molecule has 0 fully saturated rings. The molecular formula is C130H71N9O3S3. The monoisotopic (exact) mass is 1900 g/mol. The first-order valence-electron chi connectivity index (χ1n) is 48.7. The molecule has 12 aromatic heterocycles. The van der Waals surface area contributed by atoms with E-state index in [1.165, 1.54) is 120 Å². The Bertz CT molecular complexity index is 11700. The summed E-state index contributed by atoms with van der Waals surface area (Å²) < 4.78 is 34.5. The Morgan fingerprint density at radius 2 is 0.490 bits per heavy atom. The van der Waals surface area contributed by atoms with Crippen LogP contribution in [0.1, 0.15) is 0 Å². The van der Waals surface area contributed by atoms with E-state index in [2.05, 4.69) is 408 Å². The molecule has 0 saturated heterocycles. The van der Waals surface area contributed by atoms with Gasteiger partial charge in [-0.3, -0.25) is 13.7 Å². The van der Waals surface area contributed by atoms with Crippen molar-refractivity contribution in [3.8, 4) is 51.6 Å². The lowest BCUT2D eigenvalue weighted by molar-refractivity contribution is 0.669. The van der Waals surface area contributed by atoms with Crippen LogP contribution < -0.4 is 0 Å². The average molecular weight is 1900 g/mol. The molecule has 0 aliphatic carbocycles. The second-order valence-electron chi connectivity index (χ2n) is 37.5. The smallest absolute Gasteiger partial charge is 0.235 e. The summed E-state index contributed by atoms with van der Waals surface area (Å²) in [7, 11) is 0. The minimum absolute atomic E-state index is 0.640. The first-order valence-corrected chi connectivity index (χ1v) is 51.1. The molecule has 0 atom stereocenters. The molecule has 0 bridgehead atoms. The lowest BCUT2D eigenvalue weighted by Crippen LogP contribution is -2.03. The van der Waals surface area contributed by atoms with Gasteiger partial charge in [0, 0.05) is 149 Å². The molecule has 0 N–H and O–H groups in total. The minimum Gasteiger partial charge on any atom is -0.455 e. The summed E-state index contributed by atoms with van der Waals surface area (Å²) in [5.74, 6) is 1.93. The molecule has 0 radical (unpaired) electrons. The summed E-state index contributed by atoms with van der Waals surface area (Å²) in [6, 6.07) is 152. The topological polar surface area (TPSA) is 132 Å². The molecule has 34 aromatic rings. The zero-order chi connectivity index (χ0) is 94.5. The maximum atomic E-state index is 6.74. The van der Waals surface area contributed by atoms with Crippen LogP contribution in [0.5, 0.6) is 0 Å². The number of benzene rings is 22. The van der Waals surface area contributed by atoms with E-state index in [-0.39, 0.29) is 0 Å². The Hall–Kier alpha value is -18.6. The van der Waals surface area contributed by atoms with E-state index in [9.17, 15) is 0 Å². The fourth-order valence-corrected chi connectivity index (χ4v) is 27.3. The van der Waals surface area contributed by atoms with Crippen LogP contribution in [0.3, 0.4) is 0 Å². The van der Waals surface area contributed by atoms with Crippen LogP contribution in [0.4, 0.5) is 0 Å². The number of fused-ring (bicyclic) bond motifs is 42. The van der Waals surface area contributed by atoms with Crippen LogP contribution >= 0.6 is 34.0 Å². The Labute approximate surface area is 834 Å². The quantitative estimate of drug-likeness (QED) is 0.160. The number of rotatable bonds is 6. The summed E-state index contributed by atoms with van der Waals surface area (Å²) >= 11 is 5.54. The summed E-state index contributed by atoms with van der Waals surface area (Å²) in [5, 5.41) is 33.9. The third kappa shape index (κ3) is 11.7. The molecular weight excluding hydrogens is 1830 g/mol. The number of thiophene rings is 3. The molecule has 12 nitrogen and oxygen atoms in total. The average Bonchev–Trinajstić information content (AvgIpc) is 1.54.